The number of aryl methyl sites for hydroxylation is 1. The third-order valence-corrected chi connectivity index (χ3v) is 6.50. The molecule has 4 rings (SSSR count). The second kappa shape index (κ2) is 7.05. The molecule has 0 radical (unpaired) electrons. The lowest BCUT2D eigenvalue weighted by molar-refractivity contribution is -0.120. The van der Waals surface area contributed by atoms with E-state index in [9.17, 15) is 9.59 Å². The minimum absolute atomic E-state index is 0.0383. The maximum Gasteiger partial charge on any atom is 0.293 e. The van der Waals surface area contributed by atoms with Crippen LogP contribution in [0.15, 0.2) is 6.07 Å². The molecule has 142 valence electrons. The van der Waals surface area contributed by atoms with Crippen molar-refractivity contribution >= 4 is 11.8 Å². The van der Waals surface area contributed by atoms with Crippen molar-refractivity contribution in [2.45, 2.75) is 95.6 Å². The Bertz CT molecular complexity index is 682. The maximum absolute atomic E-state index is 13.3. The molecule has 0 atom stereocenters. The molecular formula is C20H30N4O2. The Balaban J connectivity index is 1.59. The van der Waals surface area contributed by atoms with Gasteiger partial charge in [0.05, 0.1) is 18.0 Å². The van der Waals surface area contributed by atoms with Crippen molar-refractivity contribution in [2.24, 2.45) is 0 Å². The van der Waals surface area contributed by atoms with Crippen LogP contribution in [0.25, 0.3) is 0 Å². The molecule has 2 amide bonds. The van der Waals surface area contributed by atoms with Gasteiger partial charge in [-0.2, -0.15) is 5.10 Å². The number of nitrogens with one attached hydrogen (secondary N) is 1. The van der Waals surface area contributed by atoms with Gasteiger partial charge in [-0.3, -0.25) is 19.7 Å². The number of hydrogen-bond acceptors (Lipinski definition) is 3. The van der Waals surface area contributed by atoms with Crippen LogP contribution < -0.4 is 5.43 Å². The Morgan fingerprint density at radius 3 is 2.46 bits per heavy atom. The molecule has 1 aliphatic heterocycles. The molecule has 6 heteroatoms. The summed E-state index contributed by atoms with van der Waals surface area (Å²) >= 11 is 0. The minimum Gasteiger partial charge on any atom is -0.273 e. The Hall–Kier alpha value is -1.85. The molecular weight excluding hydrogens is 328 g/mol. The monoisotopic (exact) mass is 358 g/mol. The Morgan fingerprint density at radius 2 is 1.77 bits per heavy atom. The van der Waals surface area contributed by atoms with Gasteiger partial charge < -0.3 is 0 Å². The third-order valence-electron chi connectivity index (χ3n) is 6.50. The zero-order valence-electron chi connectivity index (χ0n) is 15.8. The summed E-state index contributed by atoms with van der Waals surface area (Å²) in [7, 11) is 0. The molecule has 1 N–H and O–H groups in total. The maximum atomic E-state index is 13.3. The van der Waals surface area contributed by atoms with E-state index in [1.165, 1.54) is 32.1 Å². The molecule has 2 heterocycles. The van der Waals surface area contributed by atoms with Crippen LogP contribution in [0.1, 0.15) is 99.3 Å². The highest BCUT2D eigenvalue weighted by molar-refractivity contribution is 5.96. The summed E-state index contributed by atoms with van der Waals surface area (Å²) in [5.41, 5.74) is 4.00. The predicted molar refractivity (Wildman–Crippen MR) is 98.4 cm³/mol. The topological polar surface area (TPSA) is 67.2 Å². The van der Waals surface area contributed by atoms with E-state index in [4.69, 9.17) is 0 Å². The number of rotatable bonds is 2. The number of aromatic nitrogens is 2. The van der Waals surface area contributed by atoms with Gasteiger partial charge in [-0.1, -0.05) is 44.9 Å². The minimum atomic E-state index is -0.354. The summed E-state index contributed by atoms with van der Waals surface area (Å²) in [4.78, 5) is 25.4. The lowest BCUT2D eigenvalue weighted by Crippen LogP contribution is -2.51. The number of amides is 2. The summed E-state index contributed by atoms with van der Waals surface area (Å²) in [6, 6.07) is 2.30. The second-order valence-corrected chi connectivity index (χ2v) is 8.40. The zero-order valence-corrected chi connectivity index (χ0v) is 15.8. The first-order valence-electron chi connectivity index (χ1n) is 10.3. The number of carbonyl (C=O) groups excluding carboxylic acids is 2. The summed E-state index contributed by atoms with van der Waals surface area (Å²) < 4.78 is 2.05. The first-order valence-corrected chi connectivity index (χ1v) is 10.3. The zero-order chi connectivity index (χ0) is 18.1. The van der Waals surface area contributed by atoms with E-state index in [1.54, 1.807) is 5.01 Å². The first-order chi connectivity index (χ1) is 12.6. The molecule has 1 aromatic rings. The Kier molecular flexibility index (Phi) is 4.76. The number of carbonyl (C=O) groups is 2. The molecule has 1 aromatic heterocycles. The first kappa shape index (κ1) is 17.6. The number of nitrogens with zero attached hydrogens (tertiary/aromatic N) is 3. The van der Waals surface area contributed by atoms with Gasteiger partial charge in [-0.25, -0.2) is 5.01 Å². The highest BCUT2D eigenvalue weighted by Crippen LogP contribution is 2.38. The molecule has 26 heavy (non-hydrogen) atoms. The van der Waals surface area contributed by atoms with E-state index in [-0.39, 0.29) is 17.4 Å². The molecule has 6 nitrogen and oxygen atoms in total. The lowest BCUT2D eigenvalue weighted by Gasteiger charge is -2.35. The van der Waals surface area contributed by atoms with Gasteiger partial charge in [0.15, 0.2) is 5.69 Å². The summed E-state index contributed by atoms with van der Waals surface area (Å²) in [5.74, 6) is -0.181. The molecule has 1 spiro atoms. The summed E-state index contributed by atoms with van der Waals surface area (Å²) in [6.07, 6.45) is 12.8. The van der Waals surface area contributed by atoms with Gasteiger partial charge >= 0.3 is 0 Å². The Morgan fingerprint density at radius 1 is 1.12 bits per heavy atom. The quantitative estimate of drug-likeness (QED) is 0.877. The van der Waals surface area contributed by atoms with Crippen molar-refractivity contribution in [1.29, 1.82) is 0 Å². The fraction of sp³-hybridized carbons (Fsp3) is 0.750. The van der Waals surface area contributed by atoms with Gasteiger partial charge in [0.25, 0.3) is 5.91 Å². The van der Waals surface area contributed by atoms with E-state index in [2.05, 4.69) is 10.5 Å². The fourth-order valence-corrected chi connectivity index (χ4v) is 5.12. The largest absolute Gasteiger partial charge is 0.293 e. The van der Waals surface area contributed by atoms with Gasteiger partial charge in [0.1, 0.15) is 0 Å². The average Bonchev–Trinajstić information content (AvgIpc) is 3.08. The highest BCUT2D eigenvalue weighted by Gasteiger charge is 2.48. The van der Waals surface area contributed by atoms with E-state index < -0.39 is 0 Å². The van der Waals surface area contributed by atoms with Crippen LogP contribution in [0.3, 0.4) is 0 Å². The predicted octanol–water partition coefficient (Wildman–Crippen LogP) is 3.67. The van der Waals surface area contributed by atoms with Crippen molar-refractivity contribution in [3.05, 3.63) is 17.5 Å². The highest BCUT2D eigenvalue weighted by atomic mass is 16.2. The molecule has 1 saturated heterocycles. The average molecular weight is 358 g/mol. The van der Waals surface area contributed by atoms with E-state index in [0.717, 1.165) is 44.2 Å². The van der Waals surface area contributed by atoms with Crippen LogP contribution in [-0.4, -0.2) is 32.1 Å². The van der Waals surface area contributed by atoms with Crippen LogP contribution in [0, 0.1) is 6.92 Å². The molecule has 0 aromatic carbocycles. The number of hydrogen-bond donors (Lipinski definition) is 1. The fourth-order valence-electron chi connectivity index (χ4n) is 5.12. The van der Waals surface area contributed by atoms with Crippen molar-refractivity contribution in [3.8, 4) is 0 Å². The molecule has 0 unspecified atom stereocenters. The van der Waals surface area contributed by atoms with Crippen molar-refractivity contribution in [1.82, 2.24) is 20.2 Å². The van der Waals surface area contributed by atoms with Crippen LogP contribution >= 0.6 is 0 Å². The van der Waals surface area contributed by atoms with Crippen molar-refractivity contribution < 1.29 is 9.59 Å². The van der Waals surface area contributed by atoms with Crippen molar-refractivity contribution in [2.75, 3.05) is 0 Å². The standard InChI is InChI=1S/C20H30N4O2/c1-15-13-17(21-23(15)16-9-5-4-6-10-16)19(26)24-20(14-18(25)22-24)11-7-2-3-8-12-20/h13,16H,2-12,14H2,1H3,(H,22,25). The smallest absolute Gasteiger partial charge is 0.273 e. The summed E-state index contributed by atoms with van der Waals surface area (Å²) in [6.45, 7) is 2.03. The van der Waals surface area contributed by atoms with E-state index >= 15 is 0 Å². The molecule has 2 saturated carbocycles. The lowest BCUT2D eigenvalue weighted by atomic mass is 9.87. The molecule has 3 aliphatic rings. The van der Waals surface area contributed by atoms with Gasteiger partial charge in [0.2, 0.25) is 5.91 Å². The summed E-state index contributed by atoms with van der Waals surface area (Å²) in [5, 5.41) is 6.31. The second-order valence-electron chi connectivity index (χ2n) is 8.40. The molecule has 2 aliphatic carbocycles. The van der Waals surface area contributed by atoms with Crippen LogP contribution in [0.4, 0.5) is 0 Å². The Labute approximate surface area is 155 Å². The number of hydrazine groups is 1. The van der Waals surface area contributed by atoms with Gasteiger partial charge in [-0.15, -0.1) is 0 Å². The van der Waals surface area contributed by atoms with Crippen LogP contribution in [0.2, 0.25) is 0 Å². The van der Waals surface area contributed by atoms with E-state index in [0.29, 0.717) is 18.2 Å². The van der Waals surface area contributed by atoms with Gasteiger partial charge in [-0.05, 0) is 38.7 Å². The SMILES string of the molecule is Cc1cc(C(=O)N2NC(=O)CC23CCCCCC3)nn1C1CCCCC1. The van der Waals surface area contributed by atoms with Gasteiger partial charge in [0, 0.05) is 5.69 Å². The van der Waals surface area contributed by atoms with Crippen LogP contribution in [-0.2, 0) is 4.79 Å². The molecule has 0 bridgehead atoms. The van der Waals surface area contributed by atoms with Crippen LogP contribution in [0.5, 0.6) is 0 Å². The molecule has 3 fully saturated rings. The van der Waals surface area contributed by atoms with Crippen molar-refractivity contribution in [3.63, 3.8) is 0 Å². The van der Waals surface area contributed by atoms with E-state index in [1.807, 2.05) is 17.7 Å². The normalized spacial score (nSPS) is 23.9. The third kappa shape index (κ3) is 3.14.